The number of phosphoric acid groups is 3. The van der Waals surface area contributed by atoms with Gasteiger partial charge in [0.15, 0.2) is 0 Å². The summed E-state index contributed by atoms with van der Waals surface area (Å²) in [5, 5.41) is 23.1. The number of hydrogen-bond donors (Lipinski definition) is 5. The maximum atomic E-state index is 12.3. The van der Waals surface area contributed by atoms with Crippen LogP contribution in [0, 0.1) is 0 Å². The van der Waals surface area contributed by atoms with Crippen molar-refractivity contribution in [2.24, 2.45) is 0 Å². The Balaban J connectivity index is 1.72. The smallest absolute Gasteiger partial charge is 0.387 e. The number of hydrogen-bond acceptors (Lipinski definition) is 12. The molecule has 0 saturated carbocycles. The lowest BCUT2D eigenvalue weighted by Gasteiger charge is -2.31. The second-order valence-electron chi connectivity index (χ2n) is 6.68. The Hall–Kier alpha value is -0.920. The molecule has 0 aromatic rings. The number of nitrogens with one attached hydrogen (secondary N) is 1. The van der Waals surface area contributed by atoms with Crippen LogP contribution in [-0.2, 0) is 40.7 Å². The van der Waals surface area contributed by atoms with Crippen LogP contribution in [0.15, 0.2) is 24.2 Å². The monoisotopic (exact) mass is 506 g/mol. The molecule has 5 N–H and O–H groups in total. The average molecular weight is 506 g/mol. The van der Waals surface area contributed by atoms with E-state index in [9.17, 15) is 38.5 Å². The SMILES string of the molecule is C=C1NC(=O)C([C@@H]2O[C@H](COP3(=O)OP(=O)(O)OP(=O)(O)O3)C(O)[C@@H]2O)=CN1CCC. The topological polar surface area (TPSA) is 211 Å². The summed E-state index contributed by atoms with van der Waals surface area (Å²) in [4.78, 5) is 32.4. The first kappa shape index (κ1) is 24.7. The minimum Gasteiger partial charge on any atom is -0.387 e. The molecule has 2 fully saturated rings. The minimum atomic E-state index is -5.23. The largest absolute Gasteiger partial charge is 0.492 e. The number of amides is 1. The Labute approximate surface area is 176 Å². The van der Waals surface area contributed by atoms with E-state index in [1.54, 1.807) is 4.90 Å². The van der Waals surface area contributed by atoms with Crippen molar-refractivity contribution >= 4 is 29.4 Å². The molecule has 0 bridgehead atoms. The third kappa shape index (κ3) is 5.53. The van der Waals surface area contributed by atoms with Gasteiger partial charge in [0.25, 0.3) is 5.91 Å². The van der Waals surface area contributed by atoms with Crippen LogP contribution < -0.4 is 5.32 Å². The zero-order chi connectivity index (χ0) is 23.2. The second-order valence-corrected chi connectivity index (χ2v) is 11.7. The summed E-state index contributed by atoms with van der Waals surface area (Å²) in [6.45, 7) is 5.24. The molecule has 0 radical (unpaired) electrons. The molecular formula is C13H21N2O13P3. The number of rotatable bonds is 6. The van der Waals surface area contributed by atoms with Gasteiger partial charge in [-0.2, -0.15) is 12.9 Å². The van der Waals surface area contributed by atoms with Crippen molar-refractivity contribution < 1.29 is 60.7 Å². The fourth-order valence-corrected chi connectivity index (χ4v) is 7.94. The van der Waals surface area contributed by atoms with Gasteiger partial charge in [-0.15, -0.1) is 0 Å². The van der Waals surface area contributed by atoms with Crippen molar-refractivity contribution in [3.63, 3.8) is 0 Å². The fraction of sp³-hybridized carbons (Fsp3) is 0.615. The second kappa shape index (κ2) is 8.79. The molecule has 0 aromatic carbocycles. The number of ether oxygens (including phenoxy) is 1. The lowest BCUT2D eigenvalue weighted by molar-refractivity contribution is -0.120. The Bertz CT molecular complexity index is 910. The van der Waals surface area contributed by atoms with Gasteiger partial charge in [0.2, 0.25) is 0 Å². The molecule has 3 unspecified atom stereocenters. The average Bonchev–Trinajstić information content (AvgIpc) is 2.88. The lowest BCUT2D eigenvalue weighted by atomic mass is 10.0. The van der Waals surface area contributed by atoms with E-state index in [1.807, 2.05) is 6.92 Å². The van der Waals surface area contributed by atoms with E-state index in [-0.39, 0.29) is 5.57 Å². The van der Waals surface area contributed by atoms with Crippen LogP contribution in [0.1, 0.15) is 13.3 Å². The Morgan fingerprint density at radius 1 is 1.16 bits per heavy atom. The molecular weight excluding hydrogens is 485 g/mol. The van der Waals surface area contributed by atoms with Crippen molar-refractivity contribution in [2.45, 2.75) is 37.8 Å². The quantitative estimate of drug-likeness (QED) is 0.302. The zero-order valence-corrected chi connectivity index (χ0v) is 18.7. The fourth-order valence-electron chi connectivity index (χ4n) is 3.01. The molecule has 15 nitrogen and oxygen atoms in total. The minimum absolute atomic E-state index is 0.0279. The van der Waals surface area contributed by atoms with Crippen molar-refractivity contribution in [3.05, 3.63) is 24.2 Å². The van der Waals surface area contributed by atoms with E-state index in [0.29, 0.717) is 18.8 Å². The van der Waals surface area contributed by atoms with Crippen molar-refractivity contribution in [3.8, 4) is 0 Å². The molecule has 1 amide bonds. The molecule has 3 rings (SSSR count). The highest BCUT2D eigenvalue weighted by atomic mass is 31.3. The van der Waals surface area contributed by atoms with Gasteiger partial charge in [-0.3, -0.25) is 9.32 Å². The van der Waals surface area contributed by atoms with Gasteiger partial charge in [-0.1, -0.05) is 13.5 Å². The summed E-state index contributed by atoms with van der Waals surface area (Å²) in [5.74, 6) is -0.307. The molecule has 2 saturated heterocycles. The van der Waals surface area contributed by atoms with Crippen LogP contribution in [0.4, 0.5) is 0 Å². The van der Waals surface area contributed by atoms with Gasteiger partial charge in [0.05, 0.1) is 12.2 Å². The lowest BCUT2D eigenvalue weighted by Crippen LogP contribution is -2.44. The van der Waals surface area contributed by atoms with Crippen molar-refractivity contribution in [1.82, 2.24) is 10.2 Å². The molecule has 3 heterocycles. The predicted molar refractivity (Wildman–Crippen MR) is 99.5 cm³/mol. The highest BCUT2D eigenvalue weighted by molar-refractivity contribution is 7.74. The molecule has 3 aliphatic rings. The Kier molecular flexibility index (Phi) is 7.01. The van der Waals surface area contributed by atoms with E-state index in [1.165, 1.54) is 6.20 Å². The molecule has 6 atom stereocenters. The van der Waals surface area contributed by atoms with Crippen LogP contribution in [0.5, 0.6) is 0 Å². The summed E-state index contributed by atoms with van der Waals surface area (Å²) in [7, 11) is -15.6. The van der Waals surface area contributed by atoms with Crippen LogP contribution in [-0.4, -0.2) is 68.4 Å². The maximum absolute atomic E-state index is 12.3. The molecule has 0 aromatic heterocycles. The predicted octanol–water partition coefficient (Wildman–Crippen LogP) is 0.0614. The van der Waals surface area contributed by atoms with Crippen molar-refractivity contribution in [1.29, 1.82) is 0 Å². The number of nitrogens with zero attached hydrogens (tertiary/aromatic N) is 1. The maximum Gasteiger partial charge on any atom is 0.492 e. The summed E-state index contributed by atoms with van der Waals surface area (Å²) < 4.78 is 57.3. The Morgan fingerprint density at radius 3 is 2.35 bits per heavy atom. The first-order chi connectivity index (χ1) is 14.3. The normalized spacial score (nSPS) is 43.6. The van der Waals surface area contributed by atoms with Gasteiger partial charge in [0, 0.05) is 12.7 Å². The van der Waals surface area contributed by atoms with Crippen molar-refractivity contribution in [2.75, 3.05) is 13.2 Å². The third-order valence-electron chi connectivity index (χ3n) is 4.30. The van der Waals surface area contributed by atoms with Crippen LogP contribution in [0.3, 0.4) is 0 Å². The van der Waals surface area contributed by atoms with E-state index >= 15 is 0 Å². The molecule has 0 spiro atoms. The summed E-state index contributed by atoms with van der Waals surface area (Å²) >= 11 is 0. The number of aliphatic hydroxyl groups is 2. The van der Waals surface area contributed by atoms with Gasteiger partial charge < -0.3 is 35.0 Å². The van der Waals surface area contributed by atoms with Gasteiger partial charge in [-0.05, 0) is 6.42 Å². The number of carbonyl (C=O) groups excluding carboxylic acids is 1. The van der Waals surface area contributed by atoms with Gasteiger partial charge in [0.1, 0.15) is 30.2 Å². The highest BCUT2D eigenvalue weighted by Crippen LogP contribution is 2.80. The van der Waals surface area contributed by atoms with Crippen LogP contribution >= 0.6 is 23.5 Å². The van der Waals surface area contributed by atoms with Gasteiger partial charge >= 0.3 is 23.5 Å². The third-order valence-corrected chi connectivity index (χ3v) is 9.67. The van der Waals surface area contributed by atoms with Gasteiger partial charge in [-0.25, -0.2) is 13.7 Å². The standard InChI is InChI=1S/C13H21N2O13P3/c1-3-4-15-5-8(13(18)14-7(15)2)12-11(17)10(16)9(25-12)6-24-31(23)27-29(19,20)26-30(21,22)28-31/h5,9-12,16-17H,2-4,6H2,1H3,(H,14,18)(H,19,20)(H,21,22)/t9-,10?,11+,12+/m1/s1. The molecule has 3 aliphatic heterocycles. The number of aliphatic hydroxyl groups excluding tert-OH is 2. The summed E-state index contributed by atoms with van der Waals surface area (Å²) in [5.41, 5.74) is -0.0279. The molecule has 176 valence electrons. The molecule has 0 aliphatic carbocycles. The molecule has 18 heteroatoms. The van der Waals surface area contributed by atoms with E-state index in [0.717, 1.165) is 0 Å². The van der Waals surface area contributed by atoms with E-state index < -0.39 is 60.4 Å². The summed E-state index contributed by atoms with van der Waals surface area (Å²) in [6.07, 6.45) is -3.87. The van der Waals surface area contributed by atoms with E-state index in [2.05, 4.69) is 24.8 Å². The first-order valence-electron chi connectivity index (χ1n) is 8.80. The van der Waals surface area contributed by atoms with E-state index in [4.69, 9.17) is 9.26 Å². The number of carbonyl (C=O) groups is 1. The molecule has 31 heavy (non-hydrogen) atoms. The highest BCUT2D eigenvalue weighted by Gasteiger charge is 2.55. The zero-order valence-electron chi connectivity index (χ0n) is 16.0. The first-order valence-corrected chi connectivity index (χ1v) is 13.3. The van der Waals surface area contributed by atoms with Crippen LogP contribution in [0.25, 0.3) is 0 Å². The summed E-state index contributed by atoms with van der Waals surface area (Å²) in [6, 6.07) is 0. The van der Waals surface area contributed by atoms with Crippen LogP contribution in [0.2, 0.25) is 0 Å². The Morgan fingerprint density at radius 2 is 1.77 bits per heavy atom.